The van der Waals surface area contributed by atoms with Gasteiger partial charge >= 0.3 is 0 Å². The lowest BCUT2D eigenvalue weighted by Crippen LogP contribution is -2.42. The predicted molar refractivity (Wildman–Crippen MR) is 105 cm³/mol. The summed E-state index contributed by atoms with van der Waals surface area (Å²) in [5.74, 6) is -0.370. The van der Waals surface area contributed by atoms with E-state index in [0.717, 1.165) is 5.56 Å². The average Bonchev–Trinajstić information content (AvgIpc) is 2.97. The molecule has 0 unspecified atom stereocenters. The van der Waals surface area contributed by atoms with Gasteiger partial charge in [0.15, 0.2) is 9.84 Å². The van der Waals surface area contributed by atoms with Crippen molar-refractivity contribution in [1.29, 1.82) is 0 Å². The van der Waals surface area contributed by atoms with Crippen LogP contribution >= 0.6 is 0 Å². The maximum atomic E-state index is 13.1. The minimum absolute atomic E-state index is 0.0661. The standard InChI is InChI=1S/C21H22FNO3S/c1-15(2)17-5-9-19(10-6-17)23(20-11-12-27(25,26)14-20)21(24)13-16-3-7-18(22)8-4-16/h3-12,15,20H,13-14H2,1-2H3/t20-/m0/s1. The molecule has 2 aromatic carbocycles. The monoisotopic (exact) mass is 387 g/mol. The molecule has 1 aliphatic heterocycles. The molecule has 0 saturated carbocycles. The minimum Gasteiger partial charge on any atom is -0.304 e. The Kier molecular flexibility index (Phi) is 5.46. The molecule has 142 valence electrons. The molecule has 1 heterocycles. The largest absolute Gasteiger partial charge is 0.304 e. The van der Waals surface area contributed by atoms with Gasteiger partial charge in [0.25, 0.3) is 0 Å². The quantitative estimate of drug-likeness (QED) is 0.783. The van der Waals surface area contributed by atoms with Gasteiger partial charge in [-0.2, -0.15) is 0 Å². The summed E-state index contributed by atoms with van der Waals surface area (Å²) >= 11 is 0. The van der Waals surface area contributed by atoms with E-state index >= 15 is 0 Å². The molecule has 0 fully saturated rings. The second-order valence-electron chi connectivity index (χ2n) is 7.04. The molecular formula is C21H22FNO3S. The van der Waals surface area contributed by atoms with E-state index in [-0.39, 0.29) is 23.9 Å². The number of amides is 1. The fourth-order valence-electron chi connectivity index (χ4n) is 3.12. The molecule has 1 amide bonds. The number of sulfone groups is 1. The third-order valence-corrected chi connectivity index (χ3v) is 6.00. The van der Waals surface area contributed by atoms with Crippen LogP contribution in [-0.4, -0.2) is 26.1 Å². The summed E-state index contributed by atoms with van der Waals surface area (Å²) in [4.78, 5) is 14.5. The zero-order valence-electron chi connectivity index (χ0n) is 15.3. The molecule has 4 nitrogen and oxygen atoms in total. The van der Waals surface area contributed by atoms with Crippen LogP contribution in [0.15, 0.2) is 60.0 Å². The van der Waals surface area contributed by atoms with Crippen molar-refractivity contribution in [2.75, 3.05) is 10.7 Å². The maximum Gasteiger partial charge on any atom is 0.231 e. The number of rotatable bonds is 5. The molecule has 0 bridgehead atoms. The van der Waals surface area contributed by atoms with Crippen LogP contribution in [0.2, 0.25) is 0 Å². The van der Waals surface area contributed by atoms with E-state index < -0.39 is 15.9 Å². The summed E-state index contributed by atoms with van der Waals surface area (Å²) in [5.41, 5.74) is 2.47. The van der Waals surface area contributed by atoms with Crippen molar-refractivity contribution in [2.45, 2.75) is 32.2 Å². The molecule has 1 aliphatic rings. The Morgan fingerprint density at radius 2 is 1.74 bits per heavy atom. The summed E-state index contributed by atoms with van der Waals surface area (Å²) in [6.07, 6.45) is 1.62. The summed E-state index contributed by atoms with van der Waals surface area (Å²) < 4.78 is 36.9. The van der Waals surface area contributed by atoms with Crippen LogP contribution in [0.4, 0.5) is 10.1 Å². The van der Waals surface area contributed by atoms with Crippen LogP contribution in [0.1, 0.15) is 30.9 Å². The van der Waals surface area contributed by atoms with Crippen LogP contribution < -0.4 is 4.90 Å². The summed E-state index contributed by atoms with van der Waals surface area (Å²) in [5, 5.41) is 1.17. The molecule has 0 saturated heterocycles. The van der Waals surface area contributed by atoms with E-state index in [1.807, 2.05) is 24.3 Å². The van der Waals surface area contributed by atoms with Crippen LogP contribution in [0, 0.1) is 5.82 Å². The molecule has 2 aromatic rings. The first-order valence-corrected chi connectivity index (χ1v) is 10.5. The van der Waals surface area contributed by atoms with Crippen molar-refractivity contribution in [3.05, 3.63) is 77.0 Å². The fourth-order valence-corrected chi connectivity index (χ4v) is 4.39. The van der Waals surface area contributed by atoms with Gasteiger partial charge in [-0.15, -0.1) is 0 Å². The van der Waals surface area contributed by atoms with Gasteiger partial charge in [-0.1, -0.05) is 38.1 Å². The number of benzene rings is 2. The van der Waals surface area contributed by atoms with Gasteiger partial charge in [0.2, 0.25) is 5.91 Å². The van der Waals surface area contributed by atoms with Crippen LogP contribution in [-0.2, 0) is 21.1 Å². The van der Waals surface area contributed by atoms with E-state index in [1.54, 1.807) is 18.2 Å². The molecule has 0 N–H and O–H groups in total. The lowest BCUT2D eigenvalue weighted by atomic mass is 10.0. The smallest absolute Gasteiger partial charge is 0.231 e. The molecular weight excluding hydrogens is 365 g/mol. The zero-order chi connectivity index (χ0) is 19.6. The topological polar surface area (TPSA) is 54.5 Å². The lowest BCUT2D eigenvalue weighted by molar-refractivity contribution is -0.118. The van der Waals surface area contributed by atoms with Crippen LogP contribution in [0.3, 0.4) is 0 Å². The molecule has 6 heteroatoms. The van der Waals surface area contributed by atoms with Crippen molar-refractivity contribution >= 4 is 21.4 Å². The van der Waals surface area contributed by atoms with E-state index in [2.05, 4.69) is 13.8 Å². The van der Waals surface area contributed by atoms with Crippen LogP contribution in [0.25, 0.3) is 0 Å². The van der Waals surface area contributed by atoms with Gasteiger partial charge in [-0.25, -0.2) is 12.8 Å². The zero-order valence-corrected chi connectivity index (χ0v) is 16.1. The Bertz CT molecular complexity index is 948. The van der Waals surface area contributed by atoms with Gasteiger partial charge in [-0.3, -0.25) is 4.79 Å². The Morgan fingerprint density at radius 3 is 2.26 bits per heavy atom. The number of hydrogen-bond acceptors (Lipinski definition) is 3. The highest BCUT2D eigenvalue weighted by Crippen LogP contribution is 2.26. The average molecular weight is 387 g/mol. The molecule has 1 atom stereocenters. The van der Waals surface area contributed by atoms with Crippen molar-refractivity contribution in [2.24, 2.45) is 0 Å². The maximum absolute atomic E-state index is 13.1. The second kappa shape index (κ2) is 7.64. The second-order valence-corrected chi connectivity index (χ2v) is 8.97. The van der Waals surface area contributed by atoms with E-state index in [0.29, 0.717) is 17.2 Å². The van der Waals surface area contributed by atoms with Crippen LogP contribution in [0.5, 0.6) is 0 Å². The highest BCUT2D eigenvalue weighted by atomic mass is 32.2. The van der Waals surface area contributed by atoms with E-state index in [9.17, 15) is 17.6 Å². The number of carbonyl (C=O) groups is 1. The number of anilines is 1. The molecule has 0 aliphatic carbocycles. The Hall–Kier alpha value is -2.47. The third kappa shape index (κ3) is 4.63. The number of halogens is 1. The predicted octanol–water partition coefficient (Wildman–Crippen LogP) is 3.84. The van der Waals surface area contributed by atoms with Gasteiger partial charge < -0.3 is 4.90 Å². The highest BCUT2D eigenvalue weighted by Gasteiger charge is 2.31. The molecule has 0 radical (unpaired) electrons. The first-order chi connectivity index (χ1) is 12.7. The van der Waals surface area contributed by atoms with Crippen molar-refractivity contribution in [3.63, 3.8) is 0 Å². The normalized spacial score (nSPS) is 18.0. The van der Waals surface area contributed by atoms with Crippen molar-refractivity contribution in [3.8, 4) is 0 Å². The Balaban J connectivity index is 1.90. The minimum atomic E-state index is -3.31. The molecule has 0 aromatic heterocycles. The molecule has 27 heavy (non-hydrogen) atoms. The summed E-state index contributed by atoms with van der Waals surface area (Å²) in [6, 6.07) is 12.8. The SMILES string of the molecule is CC(C)c1ccc(N(C(=O)Cc2ccc(F)cc2)[C@H]2C=CS(=O)(=O)C2)cc1. The van der Waals surface area contributed by atoms with E-state index in [4.69, 9.17) is 0 Å². The fraction of sp³-hybridized carbons (Fsp3) is 0.286. The first-order valence-electron chi connectivity index (χ1n) is 8.82. The Morgan fingerprint density at radius 1 is 1.11 bits per heavy atom. The Labute approximate surface area is 159 Å². The van der Waals surface area contributed by atoms with Gasteiger partial charge in [0.1, 0.15) is 5.82 Å². The first kappa shape index (κ1) is 19.3. The van der Waals surface area contributed by atoms with Gasteiger partial charge in [0.05, 0.1) is 18.2 Å². The third-order valence-electron chi connectivity index (χ3n) is 4.62. The molecule has 3 rings (SSSR count). The van der Waals surface area contributed by atoms with Crippen molar-refractivity contribution in [1.82, 2.24) is 0 Å². The molecule has 0 spiro atoms. The van der Waals surface area contributed by atoms with E-state index in [1.165, 1.54) is 22.4 Å². The highest BCUT2D eigenvalue weighted by molar-refractivity contribution is 7.94. The summed E-state index contributed by atoms with van der Waals surface area (Å²) in [7, 11) is -3.31. The summed E-state index contributed by atoms with van der Waals surface area (Å²) in [6.45, 7) is 4.16. The lowest BCUT2D eigenvalue weighted by Gasteiger charge is -2.28. The number of hydrogen-bond donors (Lipinski definition) is 0. The van der Waals surface area contributed by atoms with Gasteiger partial charge in [-0.05, 0) is 47.4 Å². The number of carbonyl (C=O) groups excluding carboxylic acids is 1. The number of nitrogens with zero attached hydrogens (tertiary/aromatic N) is 1. The van der Waals surface area contributed by atoms with Gasteiger partial charge in [0, 0.05) is 11.1 Å². The van der Waals surface area contributed by atoms with Crippen molar-refractivity contribution < 1.29 is 17.6 Å².